The molecule has 0 unspecified atom stereocenters. The summed E-state index contributed by atoms with van der Waals surface area (Å²) in [5.74, 6) is -0.0454. The summed E-state index contributed by atoms with van der Waals surface area (Å²) in [6.45, 7) is 8.87. The molecule has 1 fully saturated rings. The van der Waals surface area contributed by atoms with E-state index in [0.29, 0.717) is 19.4 Å². The van der Waals surface area contributed by atoms with E-state index in [9.17, 15) is 9.59 Å². The first-order chi connectivity index (χ1) is 16.1. The van der Waals surface area contributed by atoms with Crippen LogP contribution in [0.2, 0.25) is 0 Å². The minimum absolute atomic E-state index is 0.00571. The molecule has 0 aromatic heterocycles. The summed E-state index contributed by atoms with van der Waals surface area (Å²) >= 11 is 3.52. The zero-order valence-electron chi connectivity index (χ0n) is 21.1. The fourth-order valence-corrected chi connectivity index (χ4v) is 5.00. The molecule has 0 saturated heterocycles. The number of amides is 2. The van der Waals surface area contributed by atoms with Gasteiger partial charge in [-0.3, -0.25) is 9.59 Å². The molecule has 0 aliphatic heterocycles. The molecule has 5 heteroatoms. The van der Waals surface area contributed by atoms with Crippen molar-refractivity contribution in [3.63, 3.8) is 0 Å². The molecule has 0 bridgehead atoms. The highest BCUT2D eigenvalue weighted by Crippen LogP contribution is 2.23. The second kappa shape index (κ2) is 12.0. The molecule has 1 N–H and O–H groups in total. The molecule has 2 aromatic carbocycles. The van der Waals surface area contributed by atoms with Gasteiger partial charge in [0.2, 0.25) is 11.8 Å². The van der Waals surface area contributed by atoms with Crippen molar-refractivity contribution in [2.75, 3.05) is 0 Å². The standard InChI is InChI=1S/C29H39BrN2O2/c1-21(28(34)31-26-11-6-5-7-12-26)32(20-23-9-8-10-25(30)19-23)27(33)18-15-22-13-16-24(17-14-22)29(2,3)4/h8-10,13-14,16-17,19,21,26H,5-7,11-12,15,18,20H2,1-4H3,(H,31,34)/t21-/m1/s1. The number of benzene rings is 2. The smallest absolute Gasteiger partial charge is 0.242 e. The van der Waals surface area contributed by atoms with Crippen molar-refractivity contribution in [3.05, 3.63) is 69.7 Å². The maximum absolute atomic E-state index is 13.4. The summed E-state index contributed by atoms with van der Waals surface area (Å²) in [4.78, 5) is 28.2. The molecule has 0 radical (unpaired) electrons. The number of nitrogens with zero attached hydrogens (tertiary/aromatic N) is 1. The fourth-order valence-electron chi connectivity index (χ4n) is 4.55. The predicted molar refractivity (Wildman–Crippen MR) is 143 cm³/mol. The molecular weight excluding hydrogens is 488 g/mol. The molecule has 3 rings (SSSR count). The summed E-state index contributed by atoms with van der Waals surface area (Å²) in [6, 6.07) is 16.2. The molecule has 1 aliphatic carbocycles. The largest absolute Gasteiger partial charge is 0.352 e. The van der Waals surface area contributed by atoms with E-state index in [-0.39, 0.29) is 23.3 Å². The maximum atomic E-state index is 13.4. The monoisotopic (exact) mass is 526 g/mol. The van der Waals surface area contributed by atoms with Gasteiger partial charge in [-0.25, -0.2) is 0 Å². The highest BCUT2D eigenvalue weighted by Gasteiger charge is 2.28. The van der Waals surface area contributed by atoms with Crippen LogP contribution >= 0.6 is 15.9 Å². The molecule has 2 aromatic rings. The first-order valence-electron chi connectivity index (χ1n) is 12.6. The Hall–Kier alpha value is -2.14. The second-order valence-electron chi connectivity index (χ2n) is 10.6. The Morgan fingerprint density at radius 2 is 1.71 bits per heavy atom. The maximum Gasteiger partial charge on any atom is 0.242 e. The van der Waals surface area contributed by atoms with Crippen molar-refractivity contribution in [2.24, 2.45) is 0 Å². The van der Waals surface area contributed by atoms with Gasteiger partial charge in [-0.05, 0) is 60.4 Å². The van der Waals surface area contributed by atoms with Crippen molar-refractivity contribution in [1.82, 2.24) is 10.2 Å². The number of halogens is 1. The van der Waals surface area contributed by atoms with Gasteiger partial charge < -0.3 is 10.2 Å². The van der Waals surface area contributed by atoms with Crippen LogP contribution in [0.4, 0.5) is 0 Å². The van der Waals surface area contributed by atoms with Gasteiger partial charge in [-0.2, -0.15) is 0 Å². The third-order valence-electron chi connectivity index (χ3n) is 6.81. The summed E-state index contributed by atoms with van der Waals surface area (Å²) in [5, 5.41) is 3.20. The lowest BCUT2D eigenvalue weighted by Gasteiger charge is -2.31. The second-order valence-corrected chi connectivity index (χ2v) is 11.5. The minimum Gasteiger partial charge on any atom is -0.352 e. The van der Waals surface area contributed by atoms with Crippen LogP contribution in [0.5, 0.6) is 0 Å². The molecule has 1 aliphatic rings. The Morgan fingerprint density at radius 3 is 2.32 bits per heavy atom. The zero-order chi connectivity index (χ0) is 24.7. The minimum atomic E-state index is -0.517. The average Bonchev–Trinajstić information content (AvgIpc) is 2.81. The number of rotatable bonds is 8. The molecule has 0 spiro atoms. The van der Waals surface area contributed by atoms with Crippen LogP contribution in [0.3, 0.4) is 0 Å². The Kier molecular flexibility index (Phi) is 9.35. The van der Waals surface area contributed by atoms with Crippen LogP contribution in [-0.4, -0.2) is 28.8 Å². The Labute approximate surface area is 213 Å². The lowest BCUT2D eigenvalue weighted by Crippen LogP contribution is -2.50. The van der Waals surface area contributed by atoms with Crippen LogP contribution in [0.25, 0.3) is 0 Å². The first kappa shape index (κ1) is 26.5. The summed E-state index contributed by atoms with van der Waals surface area (Å²) in [7, 11) is 0. The topological polar surface area (TPSA) is 49.4 Å². The van der Waals surface area contributed by atoms with Crippen LogP contribution < -0.4 is 5.32 Å². The molecule has 2 amide bonds. The van der Waals surface area contributed by atoms with Crippen molar-refractivity contribution in [1.29, 1.82) is 0 Å². The molecule has 4 nitrogen and oxygen atoms in total. The van der Waals surface area contributed by atoms with Crippen molar-refractivity contribution in [2.45, 2.75) is 96.7 Å². The van der Waals surface area contributed by atoms with Gasteiger partial charge in [0.1, 0.15) is 6.04 Å². The van der Waals surface area contributed by atoms with Crippen molar-refractivity contribution in [3.8, 4) is 0 Å². The van der Waals surface area contributed by atoms with Gasteiger partial charge in [-0.15, -0.1) is 0 Å². The van der Waals surface area contributed by atoms with Crippen LogP contribution in [0.1, 0.15) is 82.9 Å². The first-order valence-corrected chi connectivity index (χ1v) is 13.4. The van der Waals surface area contributed by atoms with E-state index in [0.717, 1.165) is 41.3 Å². The number of hydrogen-bond acceptors (Lipinski definition) is 2. The number of carbonyl (C=O) groups is 2. The molecule has 1 atom stereocenters. The summed E-state index contributed by atoms with van der Waals surface area (Å²) in [6.07, 6.45) is 6.67. The van der Waals surface area contributed by atoms with E-state index in [1.54, 1.807) is 4.90 Å². The highest BCUT2D eigenvalue weighted by molar-refractivity contribution is 9.10. The third-order valence-corrected chi connectivity index (χ3v) is 7.30. The lowest BCUT2D eigenvalue weighted by molar-refractivity contribution is -0.141. The zero-order valence-corrected chi connectivity index (χ0v) is 22.7. The van der Waals surface area contributed by atoms with Crippen LogP contribution in [0.15, 0.2) is 53.0 Å². The average molecular weight is 528 g/mol. The van der Waals surface area contributed by atoms with E-state index < -0.39 is 6.04 Å². The Morgan fingerprint density at radius 1 is 1.03 bits per heavy atom. The van der Waals surface area contributed by atoms with E-state index in [4.69, 9.17) is 0 Å². The van der Waals surface area contributed by atoms with Crippen LogP contribution in [0, 0.1) is 0 Å². The lowest BCUT2D eigenvalue weighted by atomic mass is 9.86. The van der Waals surface area contributed by atoms with E-state index in [2.05, 4.69) is 66.3 Å². The molecule has 184 valence electrons. The molecular formula is C29H39BrN2O2. The van der Waals surface area contributed by atoms with Gasteiger partial charge in [-0.1, -0.05) is 92.4 Å². The highest BCUT2D eigenvalue weighted by atomic mass is 79.9. The van der Waals surface area contributed by atoms with Crippen molar-refractivity contribution >= 4 is 27.7 Å². The number of hydrogen-bond donors (Lipinski definition) is 1. The molecule has 0 heterocycles. The van der Waals surface area contributed by atoms with Crippen molar-refractivity contribution < 1.29 is 9.59 Å². The number of nitrogens with one attached hydrogen (secondary N) is 1. The Balaban J connectivity index is 1.69. The SMILES string of the molecule is C[C@H](C(=O)NC1CCCCC1)N(Cc1cccc(Br)c1)C(=O)CCc1ccc(C(C)(C)C)cc1. The number of carbonyl (C=O) groups excluding carboxylic acids is 2. The fraction of sp³-hybridized carbons (Fsp3) is 0.517. The molecule has 34 heavy (non-hydrogen) atoms. The van der Waals surface area contributed by atoms with E-state index in [1.165, 1.54) is 12.0 Å². The van der Waals surface area contributed by atoms with E-state index >= 15 is 0 Å². The quantitative estimate of drug-likeness (QED) is 0.424. The van der Waals surface area contributed by atoms with Gasteiger partial charge in [0.05, 0.1) is 0 Å². The van der Waals surface area contributed by atoms with Gasteiger partial charge in [0, 0.05) is 23.5 Å². The van der Waals surface area contributed by atoms with Gasteiger partial charge in [0.25, 0.3) is 0 Å². The summed E-state index contributed by atoms with van der Waals surface area (Å²) in [5.41, 5.74) is 3.54. The van der Waals surface area contributed by atoms with Crippen LogP contribution in [-0.2, 0) is 28.0 Å². The normalized spacial score (nSPS) is 15.6. The Bertz CT molecular complexity index is 959. The third kappa shape index (κ3) is 7.69. The number of aryl methyl sites for hydroxylation is 1. The molecule has 1 saturated carbocycles. The van der Waals surface area contributed by atoms with E-state index in [1.807, 2.05) is 31.2 Å². The predicted octanol–water partition coefficient (Wildman–Crippen LogP) is 6.55. The van der Waals surface area contributed by atoms with Gasteiger partial charge in [0.15, 0.2) is 0 Å². The summed E-state index contributed by atoms with van der Waals surface area (Å²) < 4.78 is 0.968. The van der Waals surface area contributed by atoms with Gasteiger partial charge >= 0.3 is 0 Å².